The van der Waals surface area contributed by atoms with Crippen LogP contribution in [0.15, 0.2) is 29.6 Å². The molecule has 2 aromatic rings. The Labute approximate surface area is 91.3 Å². The largest absolute Gasteiger partial charge is 0.399 e. The van der Waals surface area contributed by atoms with Gasteiger partial charge in [-0.2, -0.15) is 0 Å². The molecule has 3 nitrogen and oxygen atoms in total. The summed E-state index contributed by atoms with van der Waals surface area (Å²) in [7, 11) is 0. The smallest absolute Gasteiger partial charge is 0.160 e. The molecule has 0 saturated carbocycles. The van der Waals surface area contributed by atoms with E-state index < -0.39 is 0 Å². The predicted molar refractivity (Wildman–Crippen MR) is 64.0 cm³/mol. The fraction of sp³-hybridized carbons (Fsp3) is 0. The summed E-state index contributed by atoms with van der Waals surface area (Å²) < 4.78 is 0. The van der Waals surface area contributed by atoms with Gasteiger partial charge in [0.2, 0.25) is 0 Å². The van der Waals surface area contributed by atoms with Gasteiger partial charge < -0.3 is 11.5 Å². The monoisotopic (exact) mass is 218 g/mol. The van der Waals surface area contributed by atoms with E-state index in [1.165, 1.54) is 11.3 Å². The molecular formula is C11H10N2OS. The Morgan fingerprint density at radius 1 is 1.20 bits per heavy atom. The molecule has 0 amide bonds. The van der Waals surface area contributed by atoms with E-state index in [2.05, 4.69) is 0 Å². The molecule has 0 aliphatic rings. The van der Waals surface area contributed by atoms with Crippen LogP contribution in [-0.4, -0.2) is 6.29 Å². The van der Waals surface area contributed by atoms with Gasteiger partial charge >= 0.3 is 0 Å². The van der Waals surface area contributed by atoms with Gasteiger partial charge in [-0.05, 0) is 35.2 Å². The summed E-state index contributed by atoms with van der Waals surface area (Å²) >= 11 is 1.39. The summed E-state index contributed by atoms with van der Waals surface area (Å²) in [5.74, 6) is 0. The van der Waals surface area contributed by atoms with Crippen molar-refractivity contribution in [3.8, 4) is 11.1 Å². The first kappa shape index (κ1) is 9.73. The maximum absolute atomic E-state index is 10.6. The molecule has 76 valence electrons. The summed E-state index contributed by atoms with van der Waals surface area (Å²) in [6, 6.07) is 7.14. The minimum atomic E-state index is 0.665. The number of nitrogens with two attached hydrogens (primary N) is 2. The van der Waals surface area contributed by atoms with Crippen molar-refractivity contribution < 1.29 is 4.79 Å². The number of rotatable bonds is 2. The van der Waals surface area contributed by atoms with E-state index in [-0.39, 0.29) is 0 Å². The Bertz CT molecular complexity index is 505. The molecule has 0 atom stereocenters. The van der Waals surface area contributed by atoms with Crippen molar-refractivity contribution in [1.29, 1.82) is 0 Å². The van der Waals surface area contributed by atoms with Gasteiger partial charge in [-0.25, -0.2) is 0 Å². The highest BCUT2D eigenvalue weighted by atomic mass is 32.1. The van der Waals surface area contributed by atoms with Gasteiger partial charge in [0.15, 0.2) is 6.29 Å². The highest BCUT2D eigenvalue weighted by Gasteiger charge is 2.05. The standard InChI is InChI=1S/C11H10N2OS/c12-8-1-2-11(13)10(4-8)7-3-9(5-14)15-6-7/h1-6H,12-13H2. The maximum atomic E-state index is 10.6. The molecular weight excluding hydrogens is 208 g/mol. The summed E-state index contributed by atoms with van der Waals surface area (Å²) in [5, 5.41) is 1.90. The van der Waals surface area contributed by atoms with Crippen molar-refractivity contribution >= 4 is 29.0 Å². The van der Waals surface area contributed by atoms with Crippen LogP contribution >= 0.6 is 11.3 Å². The van der Waals surface area contributed by atoms with Crippen LogP contribution in [0, 0.1) is 0 Å². The van der Waals surface area contributed by atoms with E-state index in [1.807, 2.05) is 17.5 Å². The summed E-state index contributed by atoms with van der Waals surface area (Å²) in [4.78, 5) is 11.2. The second kappa shape index (κ2) is 3.74. The lowest BCUT2D eigenvalue weighted by molar-refractivity contribution is 0.112. The van der Waals surface area contributed by atoms with Gasteiger partial charge in [-0.15, -0.1) is 11.3 Å². The third-order valence-electron chi connectivity index (χ3n) is 2.12. The van der Waals surface area contributed by atoms with Crippen molar-refractivity contribution in [2.45, 2.75) is 0 Å². The first-order valence-corrected chi connectivity index (χ1v) is 5.28. The molecule has 1 aromatic carbocycles. The summed E-state index contributed by atoms with van der Waals surface area (Å²) in [6.45, 7) is 0. The van der Waals surface area contributed by atoms with Gasteiger partial charge in [0.1, 0.15) is 0 Å². The van der Waals surface area contributed by atoms with Crippen LogP contribution < -0.4 is 11.5 Å². The molecule has 0 aliphatic heterocycles. The SMILES string of the molecule is Nc1ccc(N)c(-c2csc(C=O)c2)c1. The number of carbonyl (C=O) groups excluding carboxylic acids is 1. The average molecular weight is 218 g/mol. The van der Waals surface area contributed by atoms with Crippen LogP contribution in [0.4, 0.5) is 11.4 Å². The van der Waals surface area contributed by atoms with E-state index in [0.29, 0.717) is 16.3 Å². The molecule has 15 heavy (non-hydrogen) atoms. The van der Waals surface area contributed by atoms with Crippen LogP contribution in [-0.2, 0) is 0 Å². The fourth-order valence-corrected chi connectivity index (χ4v) is 2.09. The minimum absolute atomic E-state index is 0.665. The number of hydrogen-bond donors (Lipinski definition) is 2. The Kier molecular flexibility index (Phi) is 2.43. The van der Waals surface area contributed by atoms with Crippen molar-refractivity contribution in [3.05, 3.63) is 34.5 Å². The lowest BCUT2D eigenvalue weighted by Gasteiger charge is -2.03. The first-order chi connectivity index (χ1) is 7.20. The second-order valence-corrected chi connectivity index (χ2v) is 4.15. The zero-order valence-corrected chi connectivity index (χ0v) is 8.75. The molecule has 4 N–H and O–H groups in total. The van der Waals surface area contributed by atoms with Gasteiger partial charge in [0.05, 0.1) is 4.88 Å². The molecule has 0 unspecified atom stereocenters. The van der Waals surface area contributed by atoms with Crippen LogP contribution in [0.1, 0.15) is 9.67 Å². The van der Waals surface area contributed by atoms with Crippen LogP contribution in [0.25, 0.3) is 11.1 Å². The predicted octanol–water partition coefficient (Wildman–Crippen LogP) is 2.39. The summed E-state index contributed by atoms with van der Waals surface area (Å²) in [5.41, 5.74) is 14.7. The molecule has 0 bridgehead atoms. The van der Waals surface area contributed by atoms with Crippen LogP contribution in [0.3, 0.4) is 0 Å². The molecule has 2 rings (SSSR count). The Morgan fingerprint density at radius 3 is 2.67 bits per heavy atom. The number of hydrogen-bond acceptors (Lipinski definition) is 4. The molecule has 0 spiro atoms. The highest BCUT2D eigenvalue weighted by Crippen LogP contribution is 2.30. The van der Waals surface area contributed by atoms with Crippen molar-refractivity contribution in [2.24, 2.45) is 0 Å². The molecule has 1 heterocycles. The van der Waals surface area contributed by atoms with Gasteiger partial charge in [-0.1, -0.05) is 0 Å². The number of benzene rings is 1. The normalized spacial score (nSPS) is 10.1. The molecule has 0 saturated heterocycles. The van der Waals surface area contributed by atoms with Gasteiger partial charge in [0, 0.05) is 16.9 Å². The lowest BCUT2D eigenvalue weighted by Crippen LogP contribution is -1.91. The van der Waals surface area contributed by atoms with E-state index in [9.17, 15) is 4.79 Å². The van der Waals surface area contributed by atoms with E-state index in [0.717, 1.165) is 17.4 Å². The van der Waals surface area contributed by atoms with E-state index in [1.54, 1.807) is 12.1 Å². The van der Waals surface area contributed by atoms with Gasteiger partial charge in [0.25, 0.3) is 0 Å². The molecule has 0 radical (unpaired) electrons. The van der Waals surface area contributed by atoms with Crippen molar-refractivity contribution in [3.63, 3.8) is 0 Å². The number of thiophene rings is 1. The lowest BCUT2D eigenvalue weighted by atomic mass is 10.1. The Balaban J connectivity index is 2.52. The van der Waals surface area contributed by atoms with Crippen molar-refractivity contribution in [1.82, 2.24) is 0 Å². The number of nitrogen functional groups attached to an aromatic ring is 2. The fourth-order valence-electron chi connectivity index (χ4n) is 1.38. The summed E-state index contributed by atoms with van der Waals surface area (Å²) in [6.07, 6.45) is 0.830. The second-order valence-electron chi connectivity index (χ2n) is 3.20. The quantitative estimate of drug-likeness (QED) is 0.600. The zero-order valence-electron chi connectivity index (χ0n) is 7.94. The van der Waals surface area contributed by atoms with Crippen LogP contribution in [0.2, 0.25) is 0 Å². The van der Waals surface area contributed by atoms with Crippen LogP contribution in [0.5, 0.6) is 0 Å². The molecule has 0 aliphatic carbocycles. The third-order valence-corrected chi connectivity index (χ3v) is 2.98. The minimum Gasteiger partial charge on any atom is -0.399 e. The molecule has 4 heteroatoms. The number of carbonyl (C=O) groups is 1. The first-order valence-electron chi connectivity index (χ1n) is 4.40. The zero-order chi connectivity index (χ0) is 10.8. The average Bonchev–Trinajstić information content (AvgIpc) is 2.70. The highest BCUT2D eigenvalue weighted by molar-refractivity contribution is 7.12. The Hall–Kier alpha value is -1.81. The topological polar surface area (TPSA) is 69.1 Å². The Morgan fingerprint density at radius 2 is 2.00 bits per heavy atom. The molecule has 0 fully saturated rings. The van der Waals surface area contributed by atoms with E-state index >= 15 is 0 Å². The number of aldehydes is 1. The van der Waals surface area contributed by atoms with E-state index in [4.69, 9.17) is 11.5 Å². The third kappa shape index (κ3) is 1.85. The number of anilines is 2. The maximum Gasteiger partial charge on any atom is 0.160 e. The van der Waals surface area contributed by atoms with Gasteiger partial charge in [-0.3, -0.25) is 4.79 Å². The molecule has 1 aromatic heterocycles. The van der Waals surface area contributed by atoms with Crippen molar-refractivity contribution in [2.75, 3.05) is 11.5 Å².